The molecule has 0 aromatic rings. The van der Waals surface area contributed by atoms with E-state index in [0.29, 0.717) is 0 Å². The molecule has 0 amide bonds. The molecule has 0 aliphatic heterocycles. The number of hydrogen-bond acceptors (Lipinski definition) is 2. The second kappa shape index (κ2) is 14.5. The van der Waals surface area contributed by atoms with E-state index in [-0.39, 0.29) is 6.04 Å². The van der Waals surface area contributed by atoms with Gasteiger partial charge in [-0.25, -0.2) is 0 Å². The Balaban J connectivity index is 3.12. The van der Waals surface area contributed by atoms with E-state index in [0.717, 1.165) is 12.8 Å². The number of quaternary nitrogens is 1. The van der Waals surface area contributed by atoms with Crippen LogP contribution in [0.5, 0.6) is 0 Å². The fourth-order valence-corrected chi connectivity index (χ4v) is 2.88. The molecule has 3 heteroatoms. The van der Waals surface area contributed by atoms with Crippen LogP contribution in [-0.4, -0.2) is 28.3 Å². The fraction of sp³-hybridized carbons (Fsp3) is 1.00. The predicted molar refractivity (Wildman–Crippen MR) is 94.1 cm³/mol. The number of nitrogens with zero attached hydrogens (tertiary/aromatic N) is 1. The zero-order valence-electron chi connectivity index (χ0n) is 15.5. The van der Waals surface area contributed by atoms with Gasteiger partial charge in [-0.05, 0) is 18.2 Å². The molecule has 0 saturated carbocycles. The molecule has 1 unspecified atom stereocenters. The summed E-state index contributed by atoms with van der Waals surface area (Å²) in [5.74, 6) is 0. The molecule has 0 bridgehead atoms. The molecular formula is C19H42NO2+. The van der Waals surface area contributed by atoms with Crippen LogP contribution in [0.4, 0.5) is 0 Å². The third-order valence-corrected chi connectivity index (χ3v) is 4.81. The summed E-state index contributed by atoms with van der Waals surface area (Å²) >= 11 is 0. The van der Waals surface area contributed by atoms with Gasteiger partial charge in [-0.15, -0.1) is 0 Å². The lowest BCUT2D eigenvalue weighted by Crippen LogP contribution is -2.44. The summed E-state index contributed by atoms with van der Waals surface area (Å²) < 4.78 is 0. The quantitative estimate of drug-likeness (QED) is 0.194. The van der Waals surface area contributed by atoms with Crippen LogP contribution in [-0.2, 0) is 0 Å². The minimum Gasteiger partial charge on any atom is -0.182 e. The Hall–Kier alpha value is -0.120. The van der Waals surface area contributed by atoms with E-state index in [9.17, 15) is 10.4 Å². The molecule has 0 fully saturated rings. The fourth-order valence-electron chi connectivity index (χ4n) is 2.88. The topological polar surface area (TPSA) is 40.5 Å². The molecule has 22 heavy (non-hydrogen) atoms. The molecule has 0 spiro atoms. The van der Waals surface area contributed by atoms with Gasteiger partial charge >= 0.3 is 0 Å². The zero-order valence-corrected chi connectivity index (χ0v) is 15.5. The van der Waals surface area contributed by atoms with Crippen molar-refractivity contribution in [2.24, 2.45) is 0 Å². The van der Waals surface area contributed by atoms with E-state index >= 15 is 0 Å². The third kappa shape index (κ3) is 14.8. The Kier molecular flexibility index (Phi) is 14.4. The van der Waals surface area contributed by atoms with Gasteiger partial charge in [-0.2, -0.15) is 10.4 Å². The average Bonchev–Trinajstić information content (AvgIpc) is 2.46. The summed E-state index contributed by atoms with van der Waals surface area (Å²) in [6, 6.07) is -0.0858. The van der Waals surface area contributed by atoms with Crippen molar-refractivity contribution < 1.29 is 15.2 Å². The van der Waals surface area contributed by atoms with Crippen LogP contribution < -0.4 is 0 Å². The van der Waals surface area contributed by atoms with E-state index in [2.05, 4.69) is 6.92 Å². The molecule has 0 aromatic heterocycles. The van der Waals surface area contributed by atoms with Crippen molar-refractivity contribution in [1.82, 2.24) is 0 Å². The van der Waals surface area contributed by atoms with Gasteiger partial charge in [0.15, 0.2) is 0 Å². The second-order valence-electron chi connectivity index (χ2n) is 7.21. The van der Waals surface area contributed by atoms with Crippen LogP contribution in [0, 0.1) is 0 Å². The van der Waals surface area contributed by atoms with Crippen molar-refractivity contribution in [3.63, 3.8) is 0 Å². The normalized spacial score (nSPS) is 13.5. The monoisotopic (exact) mass is 316 g/mol. The molecule has 0 heterocycles. The average molecular weight is 317 g/mol. The summed E-state index contributed by atoms with van der Waals surface area (Å²) in [4.78, 5) is -0.890. The van der Waals surface area contributed by atoms with Gasteiger partial charge in [-0.3, -0.25) is 0 Å². The highest BCUT2D eigenvalue weighted by Crippen LogP contribution is 2.15. The van der Waals surface area contributed by atoms with Crippen molar-refractivity contribution >= 4 is 0 Å². The highest BCUT2D eigenvalue weighted by molar-refractivity contribution is 4.51. The van der Waals surface area contributed by atoms with Crippen molar-refractivity contribution in [3.8, 4) is 0 Å². The third-order valence-electron chi connectivity index (χ3n) is 4.81. The van der Waals surface area contributed by atoms with E-state index < -0.39 is 4.81 Å². The Morgan fingerprint density at radius 2 is 0.955 bits per heavy atom. The van der Waals surface area contributed by atoms with Crippen LogP contribution in [0.25, 0.3) is 0 Å². The summed E-state index contributed by atoms with van der Waals surface area (Å²) in [5, 5.41) is 18.8. The van der Waals surface area contributed by atoms with Crippen LogP contribution >= 0.6 is 0 Å². The minimum atomic E-state index is -0.890. The van der Waals surface area contributed by atoms with Gasteiger partial charge < -0.3 is 0 Å². The second-order valence-corrected chi connectivity index (χ2v) is 7.21. The summed E-state index contributed by atoms with van der Waals surface area (Å²) in [5.41, 5.74) is 0. The number of rotatable bonds is 16. The summed E-state index contributed by atoms with van der Waals surface area (Å²) in [6.45, 7) is 4.16. The van der Waals surface area contributed by atoms with Gasteiger partial charge in [0.2, 0.25) is 0 Å². The van der Waals surface area contributed by atoms with E-state index in [4.69, 9.17) is 0 Å². The van der Waals surface area contributed by atoms with Crippen LogP contribution in [0.15, 0.2) is 0 Å². The maximum Gasteiger partial charge on any atom is 0.149 e. The maximum atomic E-state index is 9.38. The Bertz CT molecular complexity index is 226. The predicted octanol–water partition coefficient (Wildman–Crippen LogP) is 6.47. The van der Waals surface area contributed by atoms with E-state index in [1.54, 1.807) is 0 Å². The van der Waals surface area contributed by atoms with Gasteiger partial charge in [0, 0.05) is 6.42 Å². The molecule has 134 valence electrons. The highest BCUT2D eigenvalue weighted by Gasteiger charge is 2.24. The summed E-state index contributed by atoms with van der Waals surface area (Å²) in [6.07, 6.45) is 20.0. The summed E-state index contributed by atoms with van der Waals surface area (Å²) in [7, 11) is 1.43. The number of hydroxylamine groups is 4. The minimum absolute atomic E-state index is 0.0858. The Morgan fingerprint density at radius 3 is 1.27 bits per heavy atom. The smallest absolute Gasteiger partial charge is 0.149 e. The Labute approximate surface area is 139 Å². The maximum absolute atomic E-state index is 9.38. The van der Waals surface area contributed by atoms with Crippen LogP contribution in [0.1, 0.15) is 110 Å². The lowest BCUT2D eigenvalue weighted by Gasteiger charge is -2.23. The van der Waals surface area contributed by atoms with Crippen molar-refractivity contribution in [1.29, 1.82) is 0 Å². The number of unbranched alkanes of at least 4 members (excludes halogenated alkanes) is 13. The standard InChI is InChI=1S/C19H42NO2/c1-4-5-6-7-8-9-10-11-12-13-14-15-16-17-18-19(2)20(3,21)22/h19,21-22H,4-18H2,1-3H3/q+1. The zero-order chi connectivity index (χ0) is 16.7. The molecule has 1 atom stereocenters. The van der Waals surface area contributed by atoms with Gasteiger partial charge in [0.25, 0.3) is 0 Å². The first-order valence-corrected chi connectivity index (χ1v) is 9.80. The lowest BCUT2D eigenvalue weighted by atomic mass is 10.0. The largest absolute Gasteiger partial charge is 0.182 e. The van der Waals surface area contributed by atoms with Gasteiger partial charge in [0.1, 0.15) is 13.1 Å². The molecular weight excluding hydrogens is 274 g/mol. The molecule has 3 nitrogen and oxygen atoms in total. The van der Waals surface area contributed by atoms with E-state index in [1.165, 1.54) is 90.5 Å². The van der Waals surface area contributed by atoms with Crippen LogP contribution in [0.2, 0.25) is 0 Å². The first kappa shape index (κ1) is 21.9. The molecule has 0 rings (SSSR count). The molecule has 0 saturated heterocycles. The molecule has 0 radical (unpaired) electrons. The first-order chi connectivity index (χ1) is 10.5. The van der Waals surface area contributed by atoms with Crippen molar-refractivity contribution in [3.05, 3.63) is 0 Å². The highest BCUT2D eigenvalue weighted by atomic mass is 16.8. The van der Waals surface area contributed by atoms with E-state index in [1.807, 2.05) is 6.92 Å². The first-order valence-electron chi connectivity index (χ1n) is 9.80. The molecule has 0 aromatic carbocycles. The van der Waals surface area contributed by atoms with Crippen LogP contribution in [0.3, 0.4) is 0 Å². The molecule has 2 N–H and O–H groups in total. The molecule has 0 aliphatic carbocycles. The van der Waals surface area contributed by atoms with Gasteiger partial charge in [0.05, 0.1) is 0 Å². The SMILES string of the molecule is CCCCCCCCCCCCCCCCC(C)[N+](C)(O)O. The van der Waals surface area contributed by atoms with Crippen molar-refractivity contribution in [2.45, 2.75) is 116 Å². The Morgan fingerprint density at radius 1 is 0.636 bits per heavy atom. The lowest BCUT2D eigenvalue weighted by molar-refractivity contribution is -1.25. The van der Waals surface area contributed by atoms with Gasteiger partial charge in [-0.1, -0.05) is 90.4 Å². The number of hydrogen-bond donors (Lipinski definition) is 2. The van der Waals surface area contributed by atoms with Crippen molar-refractivity contribution in [2.75, 3.05) is 7.05 Å². The molecule has 0 aliphatic rings.